The van der Waals surface area contributed by atoms with Crippen LogP contribution < -0.4 is 14.8 Å². The largest absolute Gasteiger partial charge is 0.493 e. The van der Waals surface area contributed by atoms with Crippen molar-refractivity contribution in [3.63, 3.8) is 0 Å². The van der Waals surface area contributed by atoms with Gasteiger partial charge in [0.15, 0.2) is 11.5 Å². The lowest BCUT2D eigenvalue weighted by atomic mass is 10.1. The predicted octanol–water partition coefficient (Wildman–Crippen LogP) is 3.50. The zero-order valence-corrected chi connectivity index (χ0v) is 21.2. The summed E-state index contributed by atoms with van der Waals surface area (Å²) in [5.74, 6) is 1.66. The average Bonchev–Trinajstić information content (AvgIpc) is 2.84. The van der Waals surface area contributed by atoms with Gasteiger partial charge >= 0.3 is 0 Å². The maximum absolute atomic E-state index is 12.2. The molecule has 2 aromatic rings. The lowest BCUT2D eigenvalue weighted by molar-refractivity contribution is -0.0252. The van der Waals surface area contributed by atoms with Crippen molar-refractivity contribution in [2.45, 2.75) is 25.5 Å². The molecule has 184 valence electrons. The van der Waals surface area contributed by atoms with E-state index in [0.29, 0.717) is 52.5 Å². The highest BCUT2D eigenvalue weighted by Crippen LogP contribution is 2.35. The number of nitrogens with zero attached hydrogens (tertiary/aromatic N) is 3. The van der Waals surface area contributed by atoms with Crippen LogP contribution in [0.3, 0.4) is 0 Å². The fourth-order valence-electron chi connectivity index (χ4n) is 3.79. The molecule has 0 radical (unpaired) electrons. The second-order valence-electron chi connectivity index (χ2n) is 7.86. The molecule has 34 heavy (non-hydrogen) atoms. The van der Waals surface area contributed by atoms with Crippen molar-refractivity contribution in [2.24, 2.45) is 0 Å². The third kappa shape index (κ3) is 5.58. The Hall–Kier alpha value is -2.11. The minimum Gasteiger partial charge on any atom is -0.493 e. The van der Waals surface area contributed by atoms with E-state index in [1.54, 1.807) is 26.2 Å². The molecule has 1 aromatic heterocycles. The highest BCUT2D eigenvalue weighted by molar-refractivity contribution is 7.89. The zero-order valence-electron chi connectivity index (χ0n) is 18.8. The molecule has 2 heterocycles. The van der Waals surface area contributed by atoms with Crippen molar-refractivity contribution in [2.75, 3.05) is 44.5 Å². The molecule has 2 atom stereocenters. The number of aromatic nitrogens is 2. The number of sulfonamides is 1. The highest BCUT2D eigenvalue weighted by Gasteiger charge is 2.29. The van der Waals surface area contributed by atoms with E-state index in [1.165, 1.54) is 10.6 Å². The van der Waals surface area contributed by atoms with E-state index in [0.717, 1.165) is 5.39 Å². The SMILES string of the molecule is CCS(=O)(=O)N1CCOC(COc2cc3ncnc(NC4C=C(Cl)C(Cl)=CC4)c3cc2OC)C1. The number of benzene rings is 1. The number of nitrogens with one attached hydrogen (secondary N) is 1. The van der Waals surface area contributed by atoms with Gasteiger partial charge in [-0.25, -0.2) is 18.4 Å². The Labute approximate surface area is 208 Å². The van der Waals surface area contributed by atoms with Crippen molar-refractivity contribution in [1.29, 1.82) is 0 Å². The van der Waals surface area contributed by atoms with Crippen LogP contribution in [0.1, 0.15) is 13.3 Å². The summed E-state index contributed by atoms with van der Waals surface area (Å²) in [5, 5.41) is 5.14. The van der Waals surface area contributed by atoms with E-state index in [-0.39, 0.29) is 31.1 Å². The molecule has 1 saturated heterocycles. The molecule has 0 amide bonds. The second kappa shape index (κ2) is 10.7. The Balaban J connectivity index is 1.51. The van der Waals surface area contributed by atoms with Crippen molar-refractivity contribution >= 4 is 49.9 Å². The number of allylic oxidation sites excluding steroid dienone is 2. The summed E-state index contributed by atoms with van der Waals surface area (Å²) in [6, 6.07) is 3.51. The van der Waals surface area contributed by atoms with Crippen molar-refractivity contribution < 1.29 is 22.6 Å². The summed E-state index contributed by atoms with van der Waals surface area (Å²) >= 11 is 12.2. The van der Waals surface area contributed by atoms with E-state index in [9.17, 15) is 8.42 Å². The molecule has 9 nitrogen and oxygen atoms in total. The van der Waals surface area contributed by atoms with Gasteiger partial charge in [0.2, 0.25) is 10.0 Å². The van der Waals surface area contributed by atoms with Gasteiger partial charge in [-0.1, -0.05) is 29.3 Å². The van der Waals surface area contributed by atoms with E-state index in [2.05, 4.69) is 15.3 Å². The molecule has 1 aliphatic heterocycles. The van der Waals surface area contributed by atoms with E-state index < -0.39 is 10.0 Å². The van der Waals surface area contributed by atoms with Gasteiger partial charge in [0.05, 0.1) is 41.1 Å². The molecule has 0 bridgehead atoms. The molecule has 0 spiro atoms. The van der Waals surface area contributed by atoms with Gasteiger partial charge < -0.3 is 19.5 Å². The van der Waals surface area contributed by atoms with Crippen LogP contribution in [0.4, 0.5) is 5.82 Å². The van der Waals surface area contributed by atoms with Crippen LogP contribution in [-0.4, -0.2) is 74.0 Å². The molecule has 4 rings (SSSR count). The fourth-order valence-corrected chi connectivity index (χ4v) is 5.28. The van der Waals surface area contributed by atoms with Gasteiger partial charge in [-0.05, 0) is 25.5 Å². The fraction of sp³-hybridized carbons (Fsp3) is 0.455. The van der Waals surface area contributed by atoms with Gasteiger partial charge in [0.25, 0.3) is 0 Å². The van der Waals surface area contributed by atoms with Crippen LogP contribution in [0.5, 0.6) is 11.5 Å². The minimum atomic E-state index is -3.28. The van der Waals surface area contributed by atoms with E-state index in [1.807, 2.05) is 12.2 Å². The smallest absolute Gasteiger partial charge is 0.213 e. The average molecular weight is 529 g/mol. The molecule has 2 aliphatic rings. The molecular formula is C22H26Cl2N4O5S. The molecule has 1 N–H and O–H groups in total. The van der Waals surface area contributed by atoms with Crippen molar-refractivity contribution in [3.8, 4) is 11.5 Å². The number of hydrogen-bond donors (Lipinski definition) is 1. The Bertz CT molecular complexity index is 1220. The molecule has 12 heteroatoms. The molecule has 1 fully saturated rings. The Morgan fingerprint density at radius 2 is 2.06 bits per heavy atom. The number of fused-ring (bicyclic) bond motifs is 1. The molecule has 1 aromatic carbocycles. The van der Waals surface area contributed by atoms with Gasteiger partial charge in [-0.3, -0.25) is 0 Å². The first kappa shape index (κ1) is 25.0. The number of rotatable bonds is 8. The van der Waals surface area contributed by atoms with Crippen LogP contribution in [0.2, 0.25) is 0 Å². The van der Waals surface area contributed by atoms with Crippen LogP contribution in [0.25, 0.3) is 10.9 Å². The predicted molar refractivity (Wildman–Crippen MR) is 132 cm³/mol. The number of ether oxygens (including phenoxy) is 3. The normalized spacial score (nSPS) is 21.6. The quantitative estimate of drug-likeness (QED) is 0.555. The number of hydrogen-bond acceptors (Lipinski definition) is 8. The minimum absolute atomic E-state index is 0.0569. The number of methoxy groups -OCH3 is 1. The summed E-state index contributed by atoms with van der Waals surface area (Å²) in [5.41, 5.74) is 0.660. The molecule has 2 unspecified atom stereocenters. The third-order valence-electron chi connectivity index (χ3n) is 5.65. The number of anilines is 1. The third-order valence-corrected chi connectivity index (χ3v) is 8.29. The Morgan fingerprint density at radius 3 is 2.79 bits per heavy atom. The topological polar surface area (TPSA) is 103 Å². The summed E-state index contributed by atoms with van der Waals surface area (Å²) in [4.78, 5) is 8.75. The van der Waals surface area contributed by atoms with Crippen molar-refractivity contribution in [3.05, 3.63) is 40.7 Å². The molecular weight excluding hydrogens is 503 g/mol. The van der Waals surface area contributed by atoms with Crippen LogP contribution in [0.15, 0.2) is 40.7 Å². The first-order valence-corrected chi connectivity index (χ1v) is 13.2. The summed E-state index contributed by atoms with van der Waals surface area (Å²) in [6.07, 6.45) is 5.46. The van der Waals surface area contributed by atoms with E-state index in [4.69, 9.17) is 37.4 Å². The first-order valence-electron chi connectivity index (χ1n) is 10.9. The van der Waals surface area contributed by atoms with Crippen molar-refractivity contribution in [1.82, 2.24) is 14.3 Å². The standard InChI is InChI=1S/C22H26Cl2N4O5S/c1-3-34(29,30)28-6-7-32-15(11-28)12-33-21-10-19-16(9-20(21)31-2)22(26-13-25-19)27-14-4-5-17(23)18(24)8-14/h5,8-10,13-15H,3-4,6-7,11-12H2,1-2H3,(H,25,26,27). The number of halogens is 2. The van der Waals surface area contributed by atoms with Gasteiger partial charge in [-0.15, -0.1) is 0 Å². The van der Waals surface area contributed by atoms with Crippen LogP contribution >= 0.6 is 23.2 Å². The number of morpholine rings is 1. The summed E-state index contributed by atoms with van der Waals surface area (Å²) < 4.78 is 43.1. The van der Waals surface area contributed by atoms with Crippen LogP contribution in [0, 0.1) is 0 Å². The van der Waals surface area contributed by atoms with Gasteiger partial charge in [0, 0.05) is 24.5 Å². The highest BCUT2D eigenvalue weighted by atomic mass is 35.5. The Kier molecular flexibility index (Phi) is 7.83. The molecule has 0 saturated carbocycles. The summed E-state index contributed by atoms with van der Waals surface area (Å²) in [6.45, 7) is 2.73. The second-order valence-corrected chi connectivity index (χ2v) is 10.9. The van der Waals surface area contributed by atoms with Gasteiger partial charge in [-0.2, -0.15) is 4.31 Å². The lowest BCUT2D eigenvalue weighted by Gasteiger charge is -2.31. The summed E-state index contributed by atoms with van der Waals surface area (Å²) in [7, 11) is -1.73. The maximum atomic E-state index is 12.2. The maximum Gasteiger partial charge on any atom is 0.213 e. The lowest BCUT2D eigenvalue weighted by Crippen LogP contribution is -2.48. The van der Waals surface area contributed by atoms with Crippen LogP contribution in [-0.2, 0) is 14.8 Å². The monoisotopic (exact) mass is 528 g/mol. The van der Waals surface area contributed by atoms with E-state index >= 15 is 0 Å². The Morgan fingerprint density at radius 1 is 1.24 bits per heavy atom. The molecule has 1 aliphatic carbocycles. The first-order chi connectivity index (χ1) is 16.3. The van der Waals surface area contributed by atoms with Gasteiger partial charge in [0.1, 0.15) is 24.9 Å². The zero-order chi connectivity index (χ0) is 24.3.